The monoisotopic (exact) mass is 216 g/mol. The Morgan fingerprint density at radius 2 is 1.80 bits per heavy atom. The Bertz CT molecular complexity index is 122. The standard InChI is InChI=1S/C13H28O2/c1-4-12(3)8-10-15-9-6-7-13(5-2)11-14/h12-14H,4-11H2,1-3H3. The summed E-state index contributed by atoms with van der Waals surface area (Å²) in [6.07, 6.45) is 5.67. The fraction of sp³-hybridized carbons (Fsp3) is 1.00. The minimum atomic E-state index is 0.323. The number of aliphatic hydroxyl groups excluding tert-OH is 1. The summed E-state index contributed by atoms with van der Waals surface area (Å²) in [6.45, 7) is 8.69. The molecule has 15 heavy (non-hydrogen) atoms. The van der Waals surface area contributed by atoms with Crippen molar-refractivity contribution < 1.29 is 9.84 Å². The quantitative estimate of drug-likeness (QED) is 0.568. The van der Waals surface area contributed by atoms with Crippen LogP contribution in [0, 0.1) is 11.8 Å². The van der Waals surface area contributed by atoms with Crippen LogP contribution in [0.2, 0.25) is 0 Å². The molecule has 0 heterocycles. The van der Waals surface area contributed by atoms with E-state index in [1.165, 1.54) is 12.8 Å². The molecule has 0 saturated heterocycles. The van der Waals surface area contributed by atoms with E-state index in [0.717, 1.165) is 38.4 Å². The average molecular weight is 216 g/mol. The molecule has 0 aromatic rings. The summed E-state index contributed by atoms with van der Waals surface area (Å²) in [7, 11) is 0. The highest BCUT2D eigenvalue weighted by Crippen LogP contribution is 2.10. The van der Waals surface area contributed by atoms with Crippen LogP contribution >= 0.6 is 0 Å². The van der Waals surface area contributed by atoms with Crippen LogP contribution in [0.1, 0.15) is 52.9 Å². The van der Waals surface area contributed by atoms with Gasteiger partial charge >= 0.3 is 0 Å². The first-order valence-electron chi connectivity index (χ1n) is 6.43. The van der Waals surface area contributed by atoms with Crippen molar-refractivity contribution in [1.82, 2.24) is 0 Å². The van der Waals surface area contributed by atoms with Crippen molar-refractivity contribution in [2.45, 2.75) is 52.9 Å². The lowest BCUT2D eigenvalue weighted by Crippen LogP contribution is -2.07. The van der Waals surface area contributed by atoms with Gasteiger partial charge in [0.2, 0.25) is 0 Å². The second-order valence-electron chi connectivity index (χ2n) is 4.51. The zero-order chi connectivity index (χ0) is 11.5. The molecular formula is C13H28O2. The maximum Gasteiger partial charge on any atom is 0.0468 e. The van der Waals surface area contributed by atoms with E-state index in [4.69, 9.17) is 9.84 Å². The Hall–Kier alpha value is -0.0800. The number of ether oxygens (including phenoxy) is 1. The lowest BCUT2D eigenvalue weighted by atomic mass is 10.0. The summed E-state index contributed by atoms with van der Waals surface area (Å²) in [5.41, 5.74) is 0. The highest BCUT2D eigenvalue weighted by Gasteiger charge is 2.03. The smallest absolute Gasteiger partial charge is 0.0468 e. The summed E-state index contributed by atoms with van der Waals surface area (Å²) in [5.74, 6) is 1.26. The molecule has 1 N–H and O–H groups in total. The fourth-order valence-corrected chi connectivity index (χ4v) is 1.49. The van der Waals surface area contributed by atoms with Crippen molar-refractivity contribution >= 4 is 0 Å². The number of hydrogen-bond acceptors (Lipinski definition) is 2. The highest BCUT2D eigenvalue weighted by atomic mass is 16.5. The van der Waals surface area contributed by atoms with E-state index in [0.29, 0.717) is 12.5 Å². The van der Waals surface area contributed by atoms with Crippen LogP contribution in [0.4, 0.5) is 0 Å². The van der Waals surface area contributed by atoms with Gasteiger partial charge in [0.05, 0.1) is 0 Å². The van der Waals surface area contributed by atoms with Crippen molar-refractivity contribution in [3.63, 3.8) is 0 Å². The van der Waals surface area contributed by atoms with Gasteiger partial charge in [0, 0.05) is 19.8 Å². The van der Waals surface area contributed by atoms with Crippen LogP contribution < -0.4 is 0 Å². The summed E-state index contributed by atoms with van der Waals surface area (Å²) in [4.78, 5) is 0. The zero-order valence-corrected chi connectivity index (χ0v) is 10.7. The largest absolute Gasteiger partial charge is 0.396 e. The van der Waals surface area contributed by atoms with E-state index >= 15 is 0 Å². The van der Waals surface area contributed by atoms with E-state index in [2.05, 4.69) is 20.8 Å². The van der Waals surface area contributed by atoms with Gasteiger partial charge in [-0.3, -0.25) is 0 Å². The van der Waals surface area contributed by atoms with Gasteiger partial charge in [0.1, 0.15) is 0 Å². The molecule has 2 heteroatoms. The van der Waals surface area contributed by atoms with E-state index in [9.17, 15) is 0 Å². The normalized spacial score (nSPS) is 15.2. The highest BCUT2D eigenvalue weighted by molar-refractivity contribution is 4.55. The molecule has 0 fully saturated rings. The molecule has 0 spiro atoms. The summed E-state index contributed by atoms with van der Waals surface area (Å²) >= 11 is 0. The minimum Gasteiger partial charge on any atom is -0.396 e. The minimum absolute atomic E-state index is 0.323. The van der Waals surface area contributed by atoms with E-state index in [1.807, 2.05) is 0 Å². The van der Waals surface area contributed by atoms with Gasteiger partial charge in [0.15, 0.2) is 0 Å². The third-order valence-electron chi connectivity index (χ3n) is 3.19. The van der Waals surface area contributed by atoms with Crippen molar-refractivity contribution in [3.05, 3.63) is 0 Å². The fourth-order valence-electron chi connectivity index (χ4n) is 1.49. The lowest BCUT2D eigenvalue weighted by Gasteiger charge is -2.12. The van der Waals surface area contributed by atoms with Gasteiger partial charge in [-0.25, -0.2) is 0 Å². The molecule has 0 aliphatic heterocycles. The molecule has 0 rings (SSSR count). The summed E-state index contributed by atoms with van der Waals surface area (Å²) in [5, 5.41) is 8.99. The molecule has 0 amide bonds. The van der Waals surface area contributed by atoms with Gasteiger partial charge in [-0.1, -0.05) is 33.6 Å². The number of aliphatic hydroxyl groups is 1. The summed E-state index contributed by atoms with van der Waals surface area (Å²) in [6, 6.07) is 0. The summed E-state index contributed by atoms with van der Waals surface area (Å²) < 4.78 is 5.56. The van der Waals surface area contributed by atoms with E-state index < -0.39 is 0 Å². The third-order valence-corrected chi connectivity index (χ3v) is 3.19. The van der Waals surface area contributed by atoms with Crippen molar-refractivity contribution in [2.24, 2.45) is 11.8 Å². The molecule has 0 aromatic carbocycles. The van der Waals surface area contributed by atoms with Crippen LogP contribution in [-0.2, 0) is 4.74 Å². The van der Waals surface area contributed by atoms with Crippen molar-refractivity contribution in [1.29, 1.82) is 0 Å². The molecule has 0 radical (unpaired) electrons. The molecule has 2 unspecified atom stereocenters. The predicted octanol–water partition coefficient (Wildman–Crippen LogP) is 3.24. The first kappa shape index (κ1) is 14.9. The van der Waals surface area contributed by atoms with Crippen molar-refractivity contribution in [3.8, 4) is 0 Å². The van der Waals surface area contributed by atoms with Crippen molar-refractivity contribution in [2.75, 3.05) is 19.8 Å². The van der Waals surface area contributed by atoms with Gasteiger partial charge in [0.25, 0.3) is 0 Å². The third kappa shape index (κ3) is 8.88. The van der Waals surface area contributed by atoms with Crippen LogP contribution in [0.3, 0.4) is 0 Å². The molecule has 92 valence electrons. The Morgan fingerprint density at radius 3 is 2.33 bits per heavy atom. The first-order valence-corrected chi connectivity index (χ1v) is 6.43. The molecule has 2 atom stereocenters. The molecular weight excluding hydrogens is 188 g/mol. The molecule has 0 bridgehead atoms. The van der Waals surface area contributed by atoms with Crippen LogP contribution in [0.15, 0.2) is 0 Å². The molecule has 2 nitrogen and oxygen atoms in total. The van der Waals surface area contributed by atoms with Crippen LogP contribution in [-0.4, -0.2) is 24.9 Å². The Labute approximate surface area is 95.0 Å². The first-order chi connectivity index (χ1) is 7.24. The topological polar surface area (TPSA) is 29.5 Å². The number of hydrogen-bond donors (Lipinski definition) is 1. The molecule has 0 saturated carbocycles. The predicted molar refractivity (Wildman–Crippen MR) is 65.0 cm³/mol. The van der Waals surface area contributed by atoms with Crippen LogP contribution in [0.5, 0.6) is 0 Å². The van der Waals surface area contributed by atoms with Gasteiger partial charge in [-0.05, 0) is 31.1 Å². The second-order valence-corrected chi connectivity index (χ2v) is 4.51. The van der Waals surface area contributed by atoms with E-state index in [1.54, 1.807) is 0 Å². The molecule has 0 aromatic heterocycles. The zero-order valence-electron chi connectivity index (χ0n) is 10.7. The average Bonchev–Trinajstić information content (AvgIpc) is 2.28. The van der Waals surface area contributed by atoms with Crippen LogP contribution in [0.25, 0.3) is 0 Å². The second kappa shape index (κ2) is 10.4. The maximum absolute atomic E-state index is 8.99. The SMILES string of the molecule is CCC(C)CCOCCCC(CC)CO. The van der Waals surface area contributed by atoms with Gasteiger partial charge in [-0.2, -0.15) is 0 Å². The lowest BCUT2D eigenvalue weighted by molar-refractivity contribution is 0.110. The Kier molecular flexibility index (Phi) is 10.4. The van der Waals surface area contributed by atoms with Gasteiger partial charge < -0.3 is 9.84 Å². The Balaban J connectivity index is 3.17. The maximum atomic E-state index is 8.99. The Morgan fingerprint density at radius 1 is 1.07 bits per heavy atom. The van der Waals surface area contributed by atoms with Gasteiger partial charge in [-0.15, -0.1) is 0 Å². The van der Waals surface area contributed by atoms with E-state index in [-0.39, 0.29) is 0 Å². The molecule has 0 aliphatic rings. The molecule has 0 aliphatic carbocycles. The number of rotatable bonds is 10.